The van der Waals surface area contributed by atoms with Crippen LogP contribution in [0.15, 0.2) is 16.6 Å². The van der Waals surface area contributed by atoms with E-state index < -0.39 is 12.1 Å². The highest BCUT2D eigenvalue weighted by molar-refractivity contribution is 9.10. The number of aliphatic carboxylic acids is 1. The zero-order valence-corrected chi connectivity index (χ0v) is 11.6. The number of ether oxygens (including phenoxy) is 1. The maximum absolute atomic E-state index is 10.3. The largest absolute Gasteiger partial charge is 0.488 e. The fourth-order valence-electron chi connectivity index (χ4n) is 1.11. The van der Waals surface area contributed by atoms with Crippen LogP contribution in [-0.4, -0.2) is 28.9 Å². The molecule has 94 valence electrons. The van der Waals surface area contributed by atoms with E-state index in [0.29, 0.717) is 15.2 Å². The molecule has 1 unspecified atom stereocenters. The Morgan fingerprint density at radius 1 is 1.47 bits per heavy atom. The lowest BCUT2D eigenvalue weighted by molar-refractivity contribution is -0.139. The summed E-state index contributed by atoms with van der Waals surface area (Å²) in [5.41, 5.74) is 0. The number of hydrogen-bond acceptors (Lipinski definition) is 3. The van der Waals surface area contributed by atoms with Gasteiger partial charge in [0.25, 0.3) is 0 Å². The van der Waals surface area contributed by atoms with Gasteiger partial charge in [-0.15, -0.1) is 0 Å². The Morgan fingerprint density at radius 2 is 2.12 bits per heavy atom. The van der Waals surface area contributed by atoms with Crippen molar-refractivity contribution in [3.63, 3.8) is 0 Å². The number of benzene rings is 1. The number of carboxylic acid groups (broad SMARTS) is 1. The maximum atomic E-state index is 10.3. The summed E-state index contributed by atoms with van der Waals surface area (Å²) in [7, 11) is 0. The first kappa shape index (κ1) is 14.6. The number of carboxylic acids is 1. The summed E-state index contributed by atoms with van der Waals surface area (Å²) in [6, 6.07) is 3.08. The van der Waals surface area contributed by atoms with E-state index in [1.54, 1.807) is 6.07 Å². The zero-order valence-electron chi connectivity index (χ0n) is 8.49. The smallest absolute Gasteiger partial charge is 0.306 e. The quantitative estimate of drug-likeness (QED) is 0.862. The third-order valence-electron chi connectivity index (χ3n) is 1.79. The van der Waals surface area contributed by atoms with E-state index >= 15 is 0 Å². The second kappa shape index (κ2) is 6.44. The van der Waals surface area contributed by atoms with Crippen molar-refractivity contribution in [2.75, 3.05) is 6.61 Å². The summed E-state index contributed by atoms with van der Waals surface area (Å²) >= 11 is 14.9. The van der Waals surface area contributed by atoms with E-state index in [2.05, 4.69) is 15.9 Å². The molecule has 1 aromatic carbocycles. The minimum Gasteiger partial charge on any atom is -0.488 e. The molecule has 0 saturated carbocycles. The lowest BCUT2D eigenvalue weighted by Crippen LogP contribution is -2.21. The van der Waals surface area contributed by atoms with Gasteiger partial charge in [-0.2, -0.15) is 0 Å². The van der Waals surface area contributed by atoms with E-state index in [1.807, 2.05) is 0 Å². The summed E-state index contributed by atoms with van der Waals surface area (Å²) in [5, 5.41) is 18.5. The van der Waals surface area contributed by atoms with Crippen LogP contribution in [0.3, 0.4) is 0 Å². The van der Waals surface area contributed by atoms with Gasteiger partial charge in [0.15, 0.2) is 5.75 Å². The minimum absolute atomic E-state index is 0.160. The van der Waals surface area contributed by atoms with Crippen LogP contribution >= 0.6 is 39.1 Å². The van der Waals surface area contributed by atoms with Crippen molar-refractivity contribution < 1.29 is 19.7 Å². The van der Waals surface area contributed by atoms with Crippen molar-refractivity contribution in [1.29, 1.82) is 0 Å². The highest BCUT2D eigenvalue weighted by Crippen LogP contribution is 2.36. The van der Waals surface area contributed by atoms with Crippen LogP contribution in [0.2, 0.25) is 10.0 Å². The average Bonchev–Trinajstić information content (AvgIpc) is 2.14. The fourth-order valence-corrected chi connectivity index (χ4v) is 2.48. The van der Waals surface area contributed by atoms with E-state index in [1.165, 1.54) is 6.07 Å². The molecule has 0 radical (unpaired) electrons. The molecule has 7 heteroatoms. The number of rotatable bonds is 5. The first-order valence-electron chi connectivity index (χ1n) is 4.57. The number of aliphatic hydroxyl groups excluding tert-OH is 1. The van der Waals surface area contributed by atoms with Crippen molar-refractivity contribution in [3.8, 4) is 5.75 Å². The average molecular weight is 344 g/mol. The van der Waals surface area contributed by atoms with Gasteiger partial charge in [-0.3, -0.25) is 4.79 Å². The SMILES string of the molecule is O=C(O)CC(O)COc1c(Cl)cc(Cl)cc1Br. The van der Waals surface area contributed by atoms with Crippen LogP contribution in [0.1, 0.15) is 6.42 Å². The molecular formula is C10H9BrCl2O4. The van der Waals surface area contributed by atoms with Gasteiger partial charge in [-0.05, 0) is 28.1 Å². The zero-order chi connectivity index (χ0) is 13.0. The van der Waals surface area contributed by atoms with E-state index in [4.69, 9.17) is 33.0 Å². The van der Waals surface area contributed by atoms with Crippen molar-refractivity contribution >= 4 is 45.1 Å². The molecule has 0 amide bonds. The number of aliphatic hydroxyl groups is 1. The third-order valence-corrected chi connectivity index (χ3v) is 2.88. The van der Waals surface area contributed by atoms with E-state index in [-0.39, 0.29) is 18.1 Å². The second-order valence-electron chi connectivity index (χ2n) is 3.26. The Morgan fingerprint density at radius 3 is 2.65 bits per heavy atom. The number of halogens is 3. The Bertz CT molecular complexity index is 402. The summed E-state index contributed by atoms with van der Waals surface area (Å²) < 4.78 is 5.77. The molecule has 4 nitrogen and oxygen atoms in total. The molecule has 17 heavy (non-hydrogen) atoms. The topological polar surface area (TPSA) is 66.8 Å². The van der Waals surface area contributed by atoms with Gasteiger partial charge in [-0.1, -0.05) is 23.2 Å². The maximum Gasteiger partial charge on any atom is 0.306 e. The van der Waals surface area contributed by atoms with Crippen molar-refractivity contribution in [2.24, 2.45) is 0 Å². The molecule has 1 aromatic rings. The molecule has 1 atom stereocenters. The molecule has 0 fully saturated rings. The highest BCUT2D eigenvalue weighted by atomic mass is 79.9. The Labute approximate surface area is 116 Å². The standard InChI is InChI=1S/C10H9BrCl2O4/c11-7-1-5(12)2-8(13)10(7)17-4-6(14)3-9(15)16/h1-2,6,14H,3-4H2,(H,15,16). The van der Waals surface area contributed by atoms with Crippen molar-refractivity contribution in [2.45, 2.75) is 12.5 Å². The first-order valence-corrected chi connectivity index (χ1v) is 6.12. The van der Waals surface area contributed by atoms with Gasteiger partial charge >= 0.3 is 5.97 Å². The summed E-state index contributed by atoms with van der Waals surface area (Å²) in [6.07, 6.45) is -1.48. The van der Waals surface area contributed by atoms with Crippen LogP contribution in [0, 0.1) is 0 Å². The lowest BCUT2D eigenvalue weighted by Gasteiger charge is -2.13. The van der Waals surface area contributed by atoms with Crippen molar-refractivity contribution in [1.82, 2.24) is 0 Å². The van der Waals surface area contributed by atoms with Gasteiger partial charge in [0, 0.05) is 5.02 Å². The monoisotopic (exact) mass is 342 g/mol. The Balaban J connectivity index is 2.66. The molecule has 0 aliphatic carbocycles. The van der Waals surface area contributed by atoms with Gasteiger partial charge < -0.3 is 14.9 Å². The van der Waals surface area contributed by atoms with Crippen LogP contribution < -0.4 is 4.74 Å². The second-order valence-corrected chi connectivity index (χ2v) is 4.96. The van der Waals surface area contributed by atoms with Crippen LogP contribution in [0.4, 0.5) is 0 Å². The fraction of sp³-hybridized carbons (Fsp3) is 0.300. The number of hydrogen-bond donors (Lipinski definition) is 2. The number of carbonyl (C=O) groups is 1. The predicted octanol–water partition coefficient (Wildman–Crippen LogP) is 2.97. The molecule has 0 aliphatic rings. The molecule has 0 aliphatic heterocycles. The molecule has 0 aromatic heterocycles. The molecular weight excluding hydrogens is 335 g/mol. The van der Waals surface area contributed by atoms with Gasteiger partial charge in [-0.25, -0.2) is 0 Å². The third kappa shape index (κ3) is 4.71. The van der Waals surface area contributed by atoms with Crippen LogP contribution in [-0.2, 0) is 4.79 Å². The van der Waals surface area contributed by atoms with Crippen LogP contribution in [0.25, 0.3) is 0 Å². The van der Waals surface area contributed by atoms with Gasteiger partial charge in [0.1, 0.15) is 6.61 Å². The predicted molar refractivity (Wildman–Crippen MR) is 67.9 cm³/mol. The van der Waals surface area contributed by atoms with E-state index in [9.17, 15) is 9.90 Å². The van der Waals surface area contributed by atoms with Gasteiger partial charge in [0.05, 0.1) is 22.0 Å². The molecule has 0 bridgehead atoms. The normalized spacial score (nSPS) is 12.2. The molecule has 1 rings (SSSR count). The van der Waals surface area contributed by atoms with E-state index in [0.717, 1.165) is 0 Å². The summed E-state index contributed by atoms with van der Waals surface area (Å²) in [6.45, 7) is -0.160. The van der Waals surface area contributed by atoms with Crippen LogP contribution in [0.5, 0.6) is 5.75 Å². The summed E-state index contributed by atoms with van der Waals surface area (Å²) in [5.74, 6) is -0.775. The Kier molecular flexibility index (Phi) is 5.52. The summed E-state index contributed by atoms with van der Waals surface area (Å²) in [4.78, 5) is 10.3. The molecule has 0 saturated heterocycles. The van der Waals surface area contributed by atoms with Gasteiger partial charge in [0.2, 0.25) is 0 Å². The lowest BCUT2D eigenvalue weighted by atomic mass is 10.3. The first-order chi connectivity index (χ1) is 7.90. The molecule has 0 heterocycles. The van der Waals surface area contributed by atoms with Crippen molar-refractivity contribution in [3.05, 3.63) is 26.7 Å². The minimum atomic E-state index is -1.10. The molecule has 0 spiro atoms. The Hall–Kier alpha value is -0.490. The highest BCUT2D eigenvalue weighted by Gasteiger charge is 2.13. The molecule has 2 N–H and O–H groups in total.